The molecule has 4 heteroatoms. The highest BCUT2D eigenvalue weighted by molar-refractivity contribution is 7.99. The van der Waals surface area contributed by atoms with Gasteiger partial charge in [-0.05, 0) is 18.4 Å². The molecule has 64 valence electrons. The van der Waals surface area contributed by atoms with Crippen molar-refractivity contribution < 1.29 is 4.79 Å². The minimum absolute atomic E-state index is 0.328. The molecule has 0 aliphatic carbocycles. The van der Waals surface area contributed by atoms with Crippen molar-refractivity contribution in [3.05, 3.63) is 30.1 Å². The molecule has 1 aromatic rings. The van der Waals surface area contributed by atoms with Crippen molar-refractivity contribution in [2.75, 3.05) is 6.26 Å². The van der Waals surface area contributed by atoms with Crippen LogP contribution in [0.1, 0.15) is 10.9 Å². The Labute approximate surface area is 75.4 Å². The molecule has 1 heterocycles. The van der Waals surface area contributed by atoms with Crippen molar-refractivity contribution in [1.82, 2.24) is 4.98 Å². The van der Waals surface area contributed by atoms with Crippen LogP contribution in [-0.4, -0.2) is 17.1 Å². The summed E-state index contributed by atoms with van der Waals surface area (Å²) in [6.45, 7) is 0. The second-order valence-electron chi connectivity index (χ2n) is 2.27. The maximum atomic E-state index is 10.9. The van der Waals surface area contributed by atoms with Crippen molar-refractivity contribution in [3.8, 4) is 0 Å². The Morgan fingerprint density at radius 1 is 1.67 bits per heavy atom. The van der Waals surface area contributed by atoms with E-state index in [4.69, 9.17) is 5.73 Å². The number of nitrogens with two attached hydrogens (primary N) is 1. The van der Waals surface area contributed by atoms with E-state index in [1.807, 2.05) is 18.4 Å². The van der Waals surface area contributed by atoms with Crippen molar-refractivity contribution in [2.24, 2.45) is 5.73 Å². The van der Waals surface area contributed by atoms with Crippen LogP contribution >= 0.6 is 11.8 Å². The molecule has 3 nitrogen and oxygen atoms in total. The van der Waals surface area contributed by atoms with Gasteiger partial charge in [-0.15, -0.1) is 11.8 Å². The Morgan fingerprint density at radius 2 is 2.42 bits per heavy atom. The zero-order valence-electron chi connectivity index (χ0n) is 6.73. The molecule has 0 aliphatic rings. The highest BCUT2D eigenvalue weighted by Crippen LogP contribution is 2.23. The number of hydrogen-bond acceptors (Lipinski definition) is 3. The van der Waals surface area contributed by atoms with Gasteiger partial charge in [-0.2, -0.15) is 0 Å². The van der Waals surface area contributed by atoms with Crippen molar-refractivity contribution in [1.29, 1.82) is 0 Å². The van der Waals surface area contributed by atoms with E-state index in [0.717, 1.165) is 5.69 Å². The minimum Gasteiger partial charge on any atom is -0.368 e. The number of hydrogen-bond donors (Lipinski definition) is 1. The second kappa shape index (κ2) is 4.11. The van der Waals surface area contributed by atoms with E-state index in [2.05, 4.69) is 4.98 Å². The highest BCUT2D eigenvalue weighted by Gasteiger charge is 2.16. The summed E-state index contributed by atoms with van der Waals surface area (Å²) >= 11 is 1.39. The summed E-state index contributed by atoms with van der Waals surface area (Å²) in [5, 5.41) is -0.328. The van der Waals surface area contributed by atoms with Crippen LogP contribution in [0.4, 0.5) is 0 Å². The lowest BCUT2D eigenvalue weighted by Gasteiger charge is -2.08. The van der Waals surface area contributed by atoms with E-state index in [1.54, 1.807) is 12.3 Å². The molecule has 1 unspecified atom stereocenters. The molecule has 1 rings (SSSR count). The lowest BCUT2D eigenvalue weighted by molar-refractivity contribution is -0.117. The van der Waals surface area contributed by atoms with Crippen molar-refractivity contribution in [3.63, 3.8) is 0 Å². The minimum atomic E-state index is -0.346. The number of aromatic nitrogens is 1. The number of thioether (sulfide) groups is 1. The number of primary amides is 1. The first-order valence-electron chi connectivity index (χ1n) is 3.48. The van der Waals surface area contributed by atoms with E-state index in [9.17, 15) is 4.79 Å². The monoisotopic (exact) mass is 182 g/mol. The van der Waals surface area contributed by atoms with Gasteiger partial charge in [0.25, 0.3) is 0 Å². The molecule has 1 aromatic heterocycles. The molecule has 0 radical (unpaired) electrons. The average Bonchev–Trinajstić information content (AvgIpc) is 2.07. The predicted octanol–water partition coefficient (Wildman–Crippen LogP) is 0.971. The van der Waals surface area contributed by atoms with Gasteiger partial charge in [-0.25, -0.2) is 0 Å². The fraction of sp³-hybridized carbons (Fsp3) is 0.250. The van der Waals surface area contributed by atoms with E-state index in [1.165, 1.54) is 11.8 Å². The molecular formula is C8H10N2OS. The van der Waals surface area contributed by atoms with E-state index in [0.29, 0.717) is 0 Å². The maximum absolute atomic E-state index is 10.9. The van der Waals surface area contributed by atoms with Gasteiger partial charge in [0.2, 0.25) is 5.91 Å². The van der Waals surface area contributed by atoms with E-state index < -0.39 is 0 Å². The first kappa shape index (κ1) is 9.06. The molecule has 0 saturated heterocycles. The molecule has 0 aliphatic heterocycles. The number of nitrogens with zero attached hydrogens (tertiary/aromatic N) is 1. The number of rotatable bonds is 3. The van der Waals surface area contributed by atoms with Gasteiger partial charge < -0.3 is 5.73 Å². The van der Waals surface area contributed by atoms with Crippen LogP contribution in [0.2, 0.25) is 0 Å². The summed E-state index contributed by atoms with van der Waals surface area (Å²) in [6, 6.07) is 5.45. The second-order valence-corrected chi connectivity index (χ2v) is 3.22. The molecule has 2 N–H and O–H groups in total. The van der Waals surface area contributed by atoms with Crippen LogP contribution in [-0.2, 0) is 4.79 Å². The third-order valence-electron chi connectivity index (χ3n) is 1.45. The Kier molecular flexibility index (Phi) is 3.10. The fourth-order valence-corrected chi connectivity index (χ4v) is 1.53. The van der Waals surface area contributed by atoms with Crippen LogP contribution in [0.15, 0.2) is 24.4 Å². The van der Waals surface area contributed by atoms with Gasteiger partial charge in [0, 0.05) is 6.20 Å². The Hall–Kier alpha value is -1.03. The summed E-state index contributed by atoms with van der Waals surface area (Å²) in [7, 11) is 0. The highest BCUT2D eigenvalue weighted by atomic mass is 32.2. The molecule has 0 fully saturated rings. The molecule has 1 amide bonds. The molecule has 1 atom stereocenters. The summed E-state index contributed by atoms with van der Waals surface area (Å²) in [5.41, 5.74) is 5.90. The van der Waals surface area contributed by atoms with E-state index in [-0.39, 0.29) is 11.2 Å². The molecule has 0 bridgehead atoms. The number of amides is 1. The smallest absolute Gasteiger partial charge is 0.236 e. The largest absolute Gasteiger partial charge is 0.368 e. The third-order valence-corrected chi connectivity index (χ3v) is 2.40. The van der Waals surface area contributed by atoms with Gasteiger partial charge in [0.15, 0.2) is 0 Å². The van der Waals surface area contributed by atoms with Gasteiger partial charge in [-0.3, -0.25) is 9.78 Å². The lowest BCUT2D eigenvalue weighted by atomic mass is 10.2. The SMILES string of the molecule is CSC(C(N)=O)c1ccccn1. The van der Waals surface area contributed by atoms with Gasteiger partial charge in [-0.1, -0.05) is 6.07 Å². The first-order valence-corrected chi connectivity index (χ1v) is 4.77. The summed E-state index contributed by atoms with van der Waals surface area (Å²) in [5.74, 6) is -0.346. The molecule has 0 aromatic carbocycles. The maximum Gasteiger partial charge on any atom is 0.236 e. The Balaban J connectivity index is 2.88. The summed E-state index contributed by atoms with van der Waals surface area (Å²) in [4.78, 5) is 14.9. The van der Waals surface area contributed by atoms with E-state index >= 15 is 0 Å². The molecule has 0 saturated carbocycles. The van der Waals surface area contributed by atoms with Crippen molar-refractivity contribution >= 4 is 17.7 Å². The first-order chi connectivity index (χ1) is 5.75. The third kappa shape index (κ3) is 1.98. The average molecular weight is 182 g/mol. The number of pyridine rings is 1. The zero-order chi connectivity index (χ0) is 8.97. The van der Waals surface area contributed by atoms with Crippen LogP contribution in [0, 0.1) is 0 Å². The fourth-order valence-electron chi connectivity index (χ4n) is 0.914. The van der Waals surface area contributed by atoms with Gasteiger partial charge >= 0.3 is 0 Å². The topological polar surface area (TPSA) is 56.0 Å². The van der Waals surface area contributed by atoms with Crippen LogP contribution in [0.25, 0.3) is 0 Å². The van der Waals surface area contributed by atoms with Crippen LogP contribution in [0.3, 0.4) is 0 Å². The van der Waals surface area contributed by atoms with Gasteiger partial charge in [0.1, 0.15) is 5.25 Å². The number of carbonyl (C=O) groups is 1. The normalized spacial score (nSPS) is 12.4. The van der Waals surface area contributed by atoms with Crippen LogP contribution < -0.4 is 5.73 Å². The summed E-state index contributed by atoms with van der Waals surface area (Å²) < 4.78 is 0. The van der Waals surface area contributed by atoms with Crippen molar-refractivity contribution in [2.45, 2.75) is 5.25 Å². The quantitative estimate of drug-likeness (QED) is 0.757. The van der Waals surface area contributed by atoms with Gasteiger partial charge in [0.05, 0.1) is 5.69 Å². The number of carbonyl (C=O) groups excluding carboxylic acids is 1. The Morgan fingerprint density at radius 3 is 2.83 bits per heavy atom. The lowest BCUT2D eigenvalue weighted by Crippen LogP contribution is -2.19. The Bertz CT molecular complexity index is 263. The van der Waals surface area contributed by atoms with Crippen LogP contribution in [0.5, 0.6) is 0 Å². The molecular weight excluding hydrogens is 172 g/mol. The zero-order valence-corrected chi connectivity index (χ0v) is 7.54. The summed E-state index contributed by atoms with van der Waals surface area (Å²) in [6.07, 6.45) is 3.49. The molecule has 12 heavy (non-hydrogen) atoms. The predicted molar refractivity (Wildman–Crippen MR) is 49.7 cm³/mol. The molecule has 0 spiro atoms. The standard InChI is InChI=1S/C8H10N2OS/c1-12-7(8(9)11)6-4-2-3-5-10-6/h2-5,7H,1H3,(H2,9,11).